The predicted octanol–water partition coefficient (Wildman–Crippen LogP) is 3.58. The topological polar surface area (TPSA) is 72.6 Å². The quantitative estimate of drug-likeness (QED) is 0.650. The van der Waals surface area contributed by atoms with Crippen LogP contribution in [0.25, 0.3) is 12.2 Å². The molecular formula is C19H18N2O4S2. The van der Waals surface area contributed by atoms with Crippen LogP contribution in [0.1, 0.15) is 10.8 Å². The number of thiophene rings is 1. The molecule has 1 aliphatic heterocycles. The molecule has 2 aromatic heterocycles. The smallest absolute Gasteiger partial charge is 0.236 e. The summed E-state index contributed by atoms with van der Waals surface area (Å²) in [7, 11) is -3.79. The van der Waals surface area contributed by atoms with Gasteiger partial charge in [-0.25, -0.2) is 8.42 Å². The van der Waals surface area contributed by atoms with Gasteiger partial charge in [-0.15, -0.1) is 11.3 Å². The minimum atomic E-state index is -3.79. The summed E-state index contributed by atoms with van der Waals surface area (Å²) < 4.78 is 37.5. The number of hydrogen-bond donors (Lipinski definition) is 0. The van der Waals surface area contributed by atoms with E-state index in [0.29, 0.717) is 26.3 Å². The van der Waals surface area contributed by atoms with Crippen LogP contribution in [0.4, 0.5) is 5.88 Å². The summed E-state index contributed by atoms with van der Waals surface area (Å²) >= 11 is 1.58. The zero-order valence-corrected chi connectivity index (χ0v) is 16.1. The molecular weight excluding hydrogens is 384 g/mol. The van der Waals surface area contributed by atoms with Crippen LogP contribution in [-0.2, 0) is 14.6 Å². The lowest BCUT2D eigenvalue weighted by atomic mass is 10.4. The Labute approximate surface area is 161 Å². The molecule has 0 unspecified atom stereocenters. The molecule has 1 saturated heterocycles. The van der Waals surface area contributed by atoms with E-state index in [1.54, 1.807) is 47.7 Å². The highest BCUT2D eigenvalue weighted by molar-refractivity contribution is 7.91. The lowest BCUT2D eigenvalue weighted by Crippen LogP contribution is -2.36. The molecule has 1 aliphatic rings. The zero-order chi connectivity index (χ0) is 18.7. The Morgan fingerprint density at radius 2 is 1.81 bits per heavy atom. The lowest BCUT2D eigenvalue weighted by molar-refractivity contribution is 0.120. The average Bonchev–Trinajstić information content (AvgIpc) is 3.38. The number of nitrogens with zero attached hydrogens (tertiary/aromatic N) is 2. The zero-order valence-electron chi connectivity index (χ0n) is 14.4. The van der Waals surface area contributed by atoms with Gasteiger partial charge in [-0.1, -0.05) is 24.3 Å². The van der Waals surface area contributed by atoms with Gasteiger partial charge in [-0.3, -0.25) is 0 Å². The van der Waals surface area contributed by atoms with Gasteiger partial charge in [0.15, 0.2) is 0 Å². The van der Waals surface area contributed by atoms with Gasteiger partial charge in [0, 0.05) is 24.0 Å². The third-order valence-corrected chi connectivity index (χ3v) is 6.64. The van der Waals surface area contributed by atoms with Crippen LogP contribution in [0.15, 0.2) is 62.2 Å². The molecule has 0 amide bonds. The van der Waals surface area contributed by atoms with Crippen molar-refractivity contribution in [3.05, 3.63) is 58.6 Å². The van der Waals surface area contributed by atoms with E-state index < -0.39 is 9.84 Å². The first-order valence-corrected chi connectivity index (χ1v) is 10.9. The number of ether oxygens (including phenoxy) is 1. The van der Waals surface area contributed by atoms with Crippen molar-refractivity contribution in [2.24, 2.45) is 0 Å². The fourth-order valence-electron chi connectivity index (χ4n) is 2.78. The van der Waals surface area contributed by atoms with Crippen molar-refractivity contribution >= 4 is 39.2 Å². The first-order valence-electron chi connectivity index (χ1n) is 8.50. The Balaban J connectivity index is 1.76. The van der Waals surface area contributed by atoms with Crippen LogP contribution in [0, 0.1) is 0 Å². The molecule has 0 radical (unpaired) electrons. The summed E-state index contributed by atoms with van der Waals surface area (Å²) in [5.41, 5.74) is 0. The van der Waals surface area contributed by atoms with Crippen LogP contribution in [0.5, 0.6) is 0 Å². The van der Waals surface area contributed by atoms with Crippen molar-refractivity contribution in [1.29, 1.82) is 0 Å². The van der Waals surface area contributed by atoms with E-state index in [-0.39, 0.29) is 21.7 Å². The molecule has 140 valence electrons. The number of aromatic nitrogens is 1. The fraction of sp³-hybridized carbons (Fsp3) is 0.211. The Kier molecular flexibility index (Phi) is 5.11. The number of rotatable bonds is 5. The molecule has 0 N–H and O–H groups in total. The molecule has 3 aromatic rings. The van der Waals surface area contributed by atoms with Gasteiger partial charge in [0.25, 0.3) is 0 Å². The van der Waals surface area contributed by atoms with Gasteiger partial charge in [-0.05, 0) is 29.7 Å². The number of oxazole rings is 1. The predicted molar refractivity (Wildman–Crippen MR) is 105 cm³/mol. The minimum Gasteiger partial charge on any atom is -0.420 e. The van der Waals surface area contributed by atoms with E-state index >= 15 is 0 Å². The van der Waals surface area contributed by atoms with E-state index in [4.69, 9.17) is 9.15 Å². The molecule has 0 aliphatic carbocycles. The normalized spacial score (nSPS) is 15.5. The van der Waals surface area contributed by atoms with Crippen molar-refractivity contribution in [2.45, 2.75) is 9.92 Å². The highest BCUT2D eigenvalue weighted by Crippen LogP contribution is 2.32. The van der Waals surface area contributed by atoms with E-state index in [2.05, 4.69) is 4.98 Å². The molecule has 8 heteroatoms. The number of sulfone groups is 1. The molecule has 6 nitrogen and oxygen atoms in total. The summed E-state index contributed by atoms with van der Waals surface area (Å²) in [6, 6.07) is 12.2. The second-order valence-electron chi connectivity index (χ2n) is 5.93. The molecule has 0 bridgehead atoms. The standard InChI is InChI=1S/C19H18N2O4S2/c22-27(23,16-6-2-1-3-7-16)18-19(21-10-12-24-13-11-21)25-17(20-18)9-8-15-5-4-14-26-15/h1-9,14H,10-13H2/b9-8+. The van der Waals surface area contributed by atoms with Crippen LogP contribution in [0.2, 0.25) is 0 Å². The van der Waals surface area contributed by atoms with Crippen molar-refractivity contribution in [3.8, 4) is 0 Å². The number of morpholine rings is 1. The number of hydrogen-bond acceptors (Lipinski definition) is 7. The second kappa shape index (κ2) is 7.67. The second-order valence-corrected chi connectivity index (χ2v) is 8.77. The summed E-state index contributed by atoms with van der Waals surface area (Å²) in [4.78, 5) is 7.42. The molecule has 0 atom stereocenters. The molecule has 1 aromatic carbocycles. The largest absolute Gasteiger partial charge is 0.420 e. The molecule has 27 heavy (non-hydrogen) atoms. The SMILES string of the molecule is O=S(=O)(c1ccccc1)c1nc(/C=C/c2cccs2)oc1N1CCOCC1. The fourth-order valence-corrected chi connectivity index (χ4v) is 4.74. The van der Waals surface area contributed by atoms with Crippen molar-refractivity contribution in [3.63, 3.8) is 0 Å². The Bertz CT molecular complexity index is 1020. The summed E-state index contributed by atoms with van der Waals surface area (Å²) in [6.45, 7) is 2.15. The average molecular weight is 402 g/mol. The van der Waals surface area contributed by atoms with E-state index in [1.165, 1.54) is 0 Å². The number of anilines is 1. The maximum atomic E-state index is 13.1. The Hall–Kier alpha value is -2.42. The first-order chi connectivity index (χ1) is 13.1. The Morgan fingerprint density at radius 3 is 2.52 bits per heavy atom. The molecule has 1 fully saturated rings. The molecule has 4 rings (SSSR count). The lowest BCUT2D eigenvalue weighted by Gasteiger charge is -2.26. The van der Waals surface area contributed by atoms with E-state index in [0.717, 1.165) is 4.88 Å². The van der Waals surface area contributed by atoms with Crippen molar-refractivity contribution in [2.75, 3.05) is 31.2 Å². The molecule has 3 heterocycles. The van der Waals surface area contributed by atoms with Gasteiger partial charge in [-0.2, -0.15) is 4.98 Å². The minimum absolute atomic E-state index is 0.0542. The summed E-state index contributed by atoms with van der Waals surface area (Å²) in [5, 5.41) is 1.92. The van der Waals surface area contributed by atoms with Crippen LogP contribution < -0.4 is 4.90 Å². The van der Waals surface area contributed by atoms with Gasteiger partial charge in [0.1, 0.15) is 0 Å². The van der Waals surface area contributed by atoms with Crippen LogP contribution >= 0.6 is 11.3 Å². The third-order valence-electron chi connectivity index (χ3n) is 4.14. The first kappa shape index (κ1) is 18.0. The van der Waals surface area contributed by atoms with Crippen LogP contribution in [-0.4, -0.2) is 39.7 Å². The third kappa shape index (κ3) is 3.83. The van der Waals surface area contributed by atoms with Gasteiger partial charge < -0.3 is 14.1 Å². The summed E-state index contributed by atoms with van der Waals surface area (Å²) in [6.07, 6.45) is 3.55. The molecule has 0 saturated carbocycles. The number of benzene rings is 1. The van der Waals surface area contributed by atoms with E-state index in [9.17, 15) is 8.42 Å². The summed E-state index contributed by atoms with van der Waals surface area (Å²) in [5.74, 6) is 0.535. The van der Waals surface area contributed by atoms with Gasteiger partial charge >= 0.3 is 0 Å². The van der Waals surface area contributed by atoms with Crippen LogP contribution in [0.3, 0.4) is 0 Å². The van der Waals surface area contributed by atoms with Gasteiger partial charge in [0.05, 0.1) is 18.1 Å². The highest BCUT2D eigenvalue weighted by atomic mass is 32.2. The van der Waals surface area contributed by atoms with E-state index in [1.807, 2.05) is 28.5 Å². The Morgan fingerprint density at radius 1 is 1.04 bits per heavy atom. The molecule has 0 spiro atoms. The maximum absolute atomic E-state index is 13.1. The highest BCUT2D eigenvalue weighted by Gasteiger charge is 2.31. The van der Waals surface area contributed by atoms with Crippen molar-refractivity contribution in [1.82, 2.24) is 4.98 Å². The maximum Gasteiger partial charge on any atom is 0.236 e. The van der Waals surface area contributed by atoms with Gasteiger partial charge in [0.2, 0.25) is 26.6 Å². The monoisotopic (exact) mass is 402 g/mol. The van der Waals surface area contributed by atoms with Crippen molar-refractivity contribution < 1.29 is 17.6 Å².